The number of methoxy groups -OCH3 is 2. The van der Waals surface area contributed by atoms with Crippen molar-refractivity contribution in [3.05, 3.63) is 35.9 Å². The Morgan fingerprint density at radius 3 is 2.65 bits per heavy atom. The van der Waals surface area contributed by atoms with Gasteiger partial charge in [-0.25, -0.2) is 4.79 Å². The van der Waals surface area contributed by atoms with E-state index in [1.54, 1.807) is 30.3 Å². The number of benzene rings is 2. The molecule has 0 aliphatic carbocycles. The number of hydrogen-bond donors (Lipinski definition) is 1. The van der Waals surface area contributed by atoms with Crippen LogP contribution in [0.2, 0.25) is 0 Å². The maximum Gasteiger partial charge on any atom is 0.338 e. The minimum absolute atomic E-state index is 0.0435. The van der Waals surface area contributed by atoms with E-state index >= 15 is 0 Å². The first kappa shape index (κ1) is 11.3. The highest BCUT2D eigenvalue weighted by atomic mass is 16.5. The van der Waals surface area contributed by atoms with Gasteiger partial charge in [-0.2, -0.15) is 0 Å². The fourth-order valence-corrected chi connectivity index (χ4v) is 1.74. The third-order valence-electron chi connectivity index (χ3n) is 2.59. The lowest BCUT2D eigenvalue weighted by molar-refractivity contribution is 0.0603. The van der Waals surface area contributed by atoms with Gasteiger partial charge in [0.15, 0.2) is 11.5 Å². The average Bonchev–Trinajstić information content (AvgIpc) is 2.36. The minimum atomic E-state index is -0.414. The number of phenolic OH excluding ortho intramolecular Hbond substituents is 1. The Morgan fingerprint density at radius 2 is 2.00 bits per heavy atom. The molecule has 2 aromatic rings. The second-order valence-electron chi connectivity index (χ2n) is 3.54. The van der Waals surface area contributed by atoms with Crippen LogP contribution in [0.4, 0.5) is 0 Å². The quantitative estimate of drug-likeness (QED) is 0.807. The molecule has 1 N–H and O–H groups in total. The van der Waals surface area contributed by atoms with Gasteiger partial charge in [-0.05, 0) is 23.6 Å². The van der Waals surface area contributed by atoms with Gasteiger partial charge in [0.25, 0.3) is 0 Å². The molecule has 0 spiro atoms. The fraction of sp³-hybridized carbons (Fsp3) is 0.154. The minimum Gasteiger partial charge on any atom is -0.504 e. The molecular weight excluding hydrogens is 220 g/mol. The summed E-state index contributed by atoms with van der Waals surface area (Å²) in [5.41, 5.74) is 0.448. The van der Waals surface area contributed by atoms with Crippen molar-refractivity contribution in [2.75, 3.05) is 14.2 Å². The summed E-state index contributed by atoms with van der Waals surface area (Å²) in [5.74, 6) is -0.0424. The first-order chi connectivity index (χ1) is 8.17. The molecule has 0 unspecified atom stereocenters. The molecule has 2 aromatic carbocycles. The van der Waals surface area contributed by atoms with Gasteiger partial charge in [0.2, 0.25) is 0 Å². The SMILES string of the molecule is COC(=O)c1cccc2cc(O)c(OC)cc12. The number of ether oxygens (including phenoxy) is 2. The molecule has 0 aliphatic heterocycles. The summed E-state index contributed by atoms with van der Waals surface area (Å²) in [6, 6.07) is 8.39. The van der Waals surface area contributed by atoms with E-state index in [2.05, 4.69) is 0 Å². The predicted molar refractivity (Wildman–Crippen MR) is 63.5 cm³/mol. The zero-order valence-corrected chi connectivity index (χ0v) is 9.56. The number of rotatable bonds is 2. The molecule has 0 amide bonds. The Balaban J connectivity index is 2.74. The van der Waals surface area contributed by atoms with Crippen LogP contribution in [0.1, 0.15) is 10.4 Å². The van der Waals surface area contributed by atoms with Crippen molar-refractivity contribution in [2.45, 2.75) is 0 Å². The molecule has 2 rings (SSSR count). The maximum atomic E-state index is 11.6. The normalized spacial score (nSPS) is 10.2. The Morgan fingerprint density at radius 1 is 1.24 bits per heavy atom. The number of carbonyl (C=O) groups excluding carboxylic acids is 1. The van der Waals surface area contributed by atoms with Gasteiger partial charge in [0, 0.05) is 5.39 Å². The van der Waals surface area contributed by atoms with Crippen molar-refractivity contribution in [3.63, 3.8) is 0 Å². The van der Waals surface area contributed by atoms with Crippen molar-refractivity contribution in [1.29, 1.82) is 0 Å². The number of esters is 1. The van der Waals surface area contributed by atoms with Gasteiger partial charge < -0.3 is 14.6 Å². The molecule has 0 saturated heterocycles. The second kappa shape index (κ2) is 4.33. The monoisotopic (exact) mass is 232 g/mol. The van der Waals surface area contributed by atoms with Gasteiger partial charge in [0.1, 0.15) is 0 Å². The molecule has 0 aromatic heterocycles. The highest BCUT2D eigenvalue weighted by molar-refractivity contribution is 6.05. The number of hydrogen-bond acceptors (Lipinski definition) is 4. The van der Waals surface area contributed by atoms with E-state index in [4.69, 9.17) is 9.47 Å². The molecule has 0 bridgehead atoms. The number of phenols is 1. The van der Waals surface area contributed by atoms with Gasteiger partial charge in [-0.1, -0.05) is 12.1 Å². The maximum absolute atomic E-state index is 11.6. The molecule has 0 radical (unpaired) electrons. The summed E-state index contributed by atoms with van der Waals surface area (Å²) in [7, 11) is 2.79. The standard InChI is InChI=1S/C13H12O4/c1-16-12-7-10-8(6-11(12)14)4-3-5-9(10)13(15)17-2/h3-7,14H,1-2H3. The molecule has 4 heteroatoms. The molecule has 88 valence electrons. The van der Waals surface area contributed by atoms with Crippen molar-refractivity contribution in [3.8, 4) is 11.5 Å². The van der Waals surface area contributed by atoms with E-state index in [-0.39, 0.29) is 5.75 Å². The van der Waals surface area contributed by atoms with Crippen LogP contribution in [0.3, 0.4) is 0 Å². The predicted octanol–water partition coefficient (Wildman–Crippen LogP) is 2.34. The zero-order valence-electron chi connectivity index (χ0n) is 9.56. The van der Waals surface area contributed by atoms with Gasteiger partial charge in [-0.3, -0.25) is 0 Å². The fourth-order valence-electron chi connectivity index (χ4n) is 1.74. The van der Waals surface area contributed by atoms with Crippen molar-refractivity contribution < 1.29 is 19.4 Å². The molecule has 0 atom stereocenters. The van der Waals surface area contributed by atoms with Crippen LogP contribution in [0.25, 0.3) is 10.8 Å². The number of aromatic hydroxyl groups is 1. The van der Waals surface area contributed by atoms with Crippen LogP contribution in [0.5, 0.6) is 11.5 Å². The van der Waals surface area contributed by atoms with E-state index < -0.39 is 5.97 Å². The lowest BCUT2D eigenvalue weighted by Gasteiger charge is -2.08. The summed E-state index contributed by atoms with van der Waals surface area (Å²) in [4.78, 5) is 11.6. The van der Waals surface area contributed by atoms with Crippen LogP contribution in [0.15, 0.2) is 30.3 Å². The van der Waals surface area contributed by atoms with E-state index in [1.807, 2.05) is 0 Å². The largest absolute Gasteiger partial charge is 0.504 e. The van der Waals surface area contributed by atoms with Crippen LogP contribution in [-0.4, -0.2) is 25.3 Å². The summed E-state index contributed by atoms with van der Waals surface area (Å²) in [6.07, 6.45) is 0. The van der Waals surface area contributed by atoms with E-state index in [0.717, 1.165) is 5.39 Å². The summed E-state index contributed by atoms with van der Waals surface area (Å²) in [6.45, 7) is 0. The lowest BCUT2D eigenvalue weighted by atomic mass is 10.0. The van der Waals surface area contributed by atoms with Crippen LogP contribution in [0, 0.1) is 0 Å². The van der Waals surface area contributed by atoms with Gasteiger partial charge >= 0.3 is 5.97 Å². The molecule has 4 nitrogen and oxygen atoms in total. The topological polar surface area (TPSA) is 55.8 Å². The third-order valence-corrected chi connectivity index (χ3v) is 2.59. The third kappa shape index (κ3) is 1.89. The van der Waals surface area contributed by atoms with Gasteiger partial charge in [-0.15, -0.1) is 0 Å². The van der Waals surface area contributed by atoms with Crippen molar-refractivity contribution in [2.24, 2.45) is 0 Å². The highest BCUT2D eigenvalue weighted by Gasteiger charge is 2.12. The van der Waals surface area contributed by atoms with Crippen LogP contribution in [-0.2, 0) is 4.74 Å². The highest BCUT2D eigenvalue weighted by Crippen LogP contribution is 2.32. The second-order valence-corrected chi connectivity index (χ2v) is 3.54. The van der Waals surface area contributed by atoms with E-state index in [1.165, 1.54) is 14.2 Å². The van der Waals surface area contributed by atoms with Gasteiger partial charge in [0.05, 0.1) is 19.8 Å². The summed E-state index contributed by atoms with van der Waals surface area (Å²) >= 11 is 0. The number of carbonyl (C=O) groups is 1. The molecule has 0 heterocycles. The number of fused-ring (bicyclic) bond motifs is 1. The Bertz CT molecular complexity index is 575. The van der Waals surface area contributed by atoms with Crippen molar-refractivity contribution in [1.82, 2.24) is 0 Å². The van der Waals surface area contributed by atoms with Crippen LogP contribution < -0.4 is 4.74 Å². The molecule has 0 saturated carbocycles. The smallest absolute Gasteiger partial charge is 0.338 e. The van der Waals surface area contributed by atoms with E-state index in [9.17, 15) is 9.90 Å². The summed E-state index contributed by atoms with van der Waals surface area (Å²) < 4.78 is 9.73. The van der Waals surface area contributed by atoms with Crippen LogP contribution >= 0.6 is 0 Å². The average molecular weight is 232 g/mol. The lowest BCUT2D eigenvalue weighted by Crippen LogP contribution is -2.01. The van der Waals surface area contributed by atoms with E-state index in [0.29, 0.717) is 16.7 Å². The summed E-state index contributed by atoms with van der Waals surface area (Å²) in [5, 5.41) is 11.1. The first-order valence-electron chi connectivity index (χ1n) is 5.05. The molecular formula is C13H12O4. The molecule has 17 heavy (non-hydrogen) atoms. The zero-order chi connectivity index (χ0) is 12.4. The molecule has 0 fully saturated rings. The Kier molecular flexibility index (Phi) is 2.87. The van der Waals surface area contributed by atoms with Crippen molar-refractivity contribution >= 4 is 16.7 Å². The Labute approximate surface area is 98.4 Å². The molecule has 0 aliphatic rings. The Hall–Kier alpha value is -2.23. The first-order valence-corrected chi connectivity index (χ1v) is 5.05.